The Morgan fingerprint density at radius 3 is 2.50 bits per heavy atom. The molecule has 22 heavy (non-hydrogen) atoms. The third-order valence-electron chi connectivity index (χ3n) is 4.89. The topological polar surface area (TPSA) is 54.5 Å². The van der Waals surface area contributed by atoms with Crippen molar-refractivity contribution < 1.29 is 13.2 Å². The molecule has 0 amide bonds. The minimum absolute atomic E-state index is 0.0463. The summed E-state index contributed by atoms with van der Waals surface area (Å²) in [7, 11) is -2.27. The van der Waals surface area contributed by atoms with Crippen LogP contribution < -0.4 is 0 Å². The zero-order chi connectivity index (χ0) is 15.3. The molecule has 2 saturated heterocycles. The van der Waals surface area contributed by atoms with Gasteiger partial charge < -0.3 is 0 Å². The second kappa shape index (κ2) is 5.22. The van der Waals surface area contributed by atoms with Gasteiger partial charge >= 0.3 is 0 Å². The van der Waals surface area contributed by atoms with E-state index in [-0.39, 0.29) is 17.9 Å². The Labute approximate surface area is 134 Å². The lowest BCUT2D eigenvalue weighted by Crippen LogP contribution is -2.48. The molecule has 0 unspecified atom stereocenters. The van der Waals surface area contributed by atoms with Crippen molar-refractivity contribution in [1.29, 1.82) is 0 Å². The molecule has 0 aliphatic carbocycles. The lowest BCUT2D eigenvalue weighted by molar-refractivity contribution is -0.119. The van der Waals surface area contributed by atoms with Crippen molar-refractivity contribution in [1.82, 2.24) is 4.90 Å². The number of hydrogen-bond donors (Lipinski definition) is 0. The zero-order valence-corrected chi connectivity index (χ0v) is 13.6. The number of carbonyl (C=O) groups is 1. The van der Waals surface area contributed by atoms with Crippen molar-refractivity contribution in [3.05, 3.63) is 48.0 Å². The second-order valence-corrected chi connectivity index (χ2v) is 9.91. The molecule has 0 saturated carbocycles. The quantitative estimate of drug-likeness (QED) is 0.808. The van der Waals surface area contributed by atoms with E-state index in [0.717, 1.165) is 5.56 Å². The smallest absolute Gasteiger partial charge is 0.172 e. The van der Waals surface area contributed by atoms with Crippen LogP contribution in [0.5, 0.6) is 0 Å². The minimum Gasteiger partial charge on any atom is -0.293 e. The van der Waals surface area contributed by atoms with E-state index < -0.39 is 25.7 Å². The van der Waals surface area contributed by atoms with Crippen LogP contribution in [-0.2, 0) is 32.9 Å². The molecule has 4 atom stereocenters. The first-order valence-corrected chi connectivity index (χ1v) is 10.1. The Morgan fingerprint density at radius 1 is 1.14 bits per heavy atom. The Morgan fingerprint density at radius 2 is 1.82 bits per heavy atom. The predicted octanol–water partition coefficient (Wildman–Crippen LogP) is 0.976. The summed E-state index contributed by atoms with van der Waals surface area (Å²) in [6, 6.07) is 9.50. The monoisotopic (exact) mass is 335 g/mol. The van der Waals surface area contributed by atoms with Gasteiger partial charge in [-0.25, -0.2) is 0 Å². The van der Waals surface area contributed by atoms with Crippen LogP contribution in [0.4, 0.5) is 0 Å². The first-order valence-electron chi connectivity index (χ1n) is 7.41. The molecule has 2 fully saturated rings. The first-order chi connectivity index (χ1) is 10.6. The second-order valence-electron chi connectivity index (χ2n) is 6.00. The third kappa shape index (κ3) is 1.94. The van der Waals surface area contributed by atoms with Crippen LogP contribution in [-0.4, -0.2) is 46.8 Å². The van der Waals surface area contributed by atoms with Gasteiger partial charge in [0.1, 0.15) is 4.08 Å². The summed E-state index contributed by atoms with van der Waals surface area (Å²) in [6.07, 6.45) is 3.88. The number of rotatable bonds is 2. The van der Waals surface area contributed by atoms with Crippen molar-refractivity contribution >= 4 is 27.4 Å². The van der Waals surface area contributed by atoms with Gasteiger partial charge in [0.15, 0.2) is 5.78 Å². The van der Waals surface area contributed by atoms with E-state index in [2.05, 4.69) is 4.90 Å². The van der Waals surface area contributed by atoms with Crippen LogP contribution in [0.2, 0.25) is 0 Å². The molecule has 1 spiro atoms. The minimum atomic E-state index is -1.14. The van der Waals surface area contributed by atoms with E-state index in [4.69, 9.17) is 0 Å². The molecule has 1 aromatic carbocycles. The molecule has 2 bridgehead atoms. The molecule has 3 heterocycles. The fourth-order valence-corrected chi connectivity index (χ4v) is 8.72. The molecular weight excluding hydrogens is 318 g/mol. The summed E-state index contributed by atoms with van der Waals surface area (Å²) in [5.74, 6) is 1.01. The molecule has 6 heteroatoms. The van der Waals surface area contributed by atoms with Gasteiger partial charge in [-0.15, -0.1) is 0 Å². The van der Waals surface area contributed by atoms with Crippen molar-refractivity contribution in [3.63, 3.8) is 0 Å². The SMILES string of the molecule is O=C1C=C[C@@H]2N(Cc3ccccc3)[C@H]1CC21[S@@](=O)CC[S@@]1=O. The van der Waals surface area contributed by atoms with Gasteiger partial charge in [0.25, 0.3) is 0 Å². The van der Waals surface area contributed by atoms with Crippen molar-refractivity contribution in [3.8, 4) is 0 Å². The van der Waals surface area contributed by atoms with Gasteiger partial charge in [-0.3, -0.25) is 18.1 Å². The zero-order valence-electron chi connectivity index (χ0n) is 12.0. The number of hydrogen-bond acceptors (Lipinski definition) is 4. The van der Waals surface area contributed by atoms with Crippen LogP contribution >= 0.6 is 0 Å². The standard InChI is InChI=1S/C16H17NO3S2/c18-14-6-7-15-16(21(19)8-9-22(16)20)10-13(14)17(15)11-12-4-2-1-3-5-12/h1-7,13,15H,8-11H2/t13-,15-,21-,22-/m0/s1. The molecule has 116 valence electrons. The molecule has 1 aromatic rings. The maximum atomic E-state index is 12.6. The summed E-state index contributed by atoms with van der Waals surface area (Å²) in [4.78, 5) is 14.4. The summed E-state index contributed by atoms with van der Waals surface area (Å²) in [5, 5.41) is 0. The van der Waals surface area contributed by atoms with Crippen molar-refractivity contribution in [2.45, 2.75) is 29.1 Å². The van der Waals surface area contributed by atoms with Crippen LogP contribution in [0.1, 0.15) is 12.0 Å². The molecule has 0 aromatic heterocycles. The highest BCUT2D eigenvalue weighted by molar-refractivity contribution is 8.07. The van der Waals surface area contributed by atoms with E-state index in [0.29, 0.717) is 24.5 Å². The normalized spacial score (nSPS) is 36.3. The Bertz CT molecular complexity index is 685. The molecule has 4 rings (SSSR count). The third-order valence-corrected chi connectivity index (χ3v) is 9.77. The number of fused-ring (bicyclic) bond motifs is 3. The maximum Gasteiger partial charge on any atom is 0.172 e. The van der Waals surface area contributed by atoms with Crippen LogP contribution in [0.15, 0.2) is 42.5 Å². The van der Waals surface area contributed by atoms with Gasteiger partial charge in [0.2, 0.25) is 0 Å². The molecule has 3 aliphatic rings. The Kier molecular flexibility index (Phi) is 3.43. The largest absolute Gasteiger partial charge is 0.293 e. The fraction of sp³-hybridized carbons (Fsp3) is 0.438. The van der Waals surface area contributed by atoms with Crippen LogP contribution in [0, 0.1) is 0 Å². The van der Waals surface area contributed by atoms with Crippen LogP contribution in [0.3, 0.4) is 0 Å². The van der Waals surface area contributed by atoms with E-state index in [1.165, 1.54) is 0 Å². The van der Waals surface area contributed by atoms with Gasteiger partial charge in [-0.05, 0) is 11.6 Å². The molecule has 3 aliphatic heterocycles. The number of benzene rings is 1. The van der Waals surface area contributed by atoms with Crippen molar-refractivity contribution in [2.75, 3.05) is 11.5 Å². The highest BCUT2D eigenvalue weighted by atomic mass is 32.3. The molecule has 0 radical (unpaired) electrons. The summed E-state index contributed by atoms with van der Waals surface area (Å²) >= 11 is 0. The lowest BCUT2D eigenvalue weighted by Gasteiger charge is -2.33. The Balaban J connectivity index is 1.74. The fourth-order valence-electron chi connectivity index (χ4n) is 3.83. The average molecular weight is 335 g/mol. The molecule has 0 N–H and O–H groups in total. The van der Waals surface area contributed by atoms with Gasteiger partial charge in [-0.1, -0.05) is 36.4 Å². The highest BCUT2D eigenvalue weighted by Gasteiger charge is 2.63. The molecular formula is C16H17NO3S2. The van der Waals surface area contributed by atoms with Gasteiger partial charge in [0, 0.05) is 46.1 Å². The summed E-state index contributed by atoms with van der Waals surface area (Å²) in [5.41, 5.74) is 1.12. The number of ketones is 1. The van der Waals surface area contributed by atoms with Crippen LogP contribution in [0.25, 0.3) is 0 Å². The van der Waals surface area contributed by atoms with Gasteiger partial charge in [-0.2, -0.15) is 0 Å². The lowest BCUT2D eigenvalue weighted by atomic mass is 10.1. The average Bonchev–Trinajstić information content (AvgIpc) is 2.93. The Hall–Kier alpha value is -1.11. The maximum absolute atomic E-state index is 12.6. The predicted molar refractivity (Wildman–Crippen MR) is 87.1 cm³/mol. The first kappa shape index (κ1) is 14.5. The number of carbonyl (C=O) groups excluding carboxylic acids is 1. The number of nitrogens with zero attached hydrogens (tertiary/aromatic N) is 1. The van der Waals surface area contributed by atoms with E-state index in [1.54, 1.807) is 6.08 Å². The van der Waals surface area contributed by atoms with E-state index >= 15 is 0 Å². The van der Waals surface area contributed by atoms with E-state index in [1.807, 2.05) is 36.4 Å². The summed E-state index contributed by atoms with van der Waals surface area (Å²) in [6.45, 7) is 0.627. The van der Waals surface area contributed by atoms with Crippen molar-refractivity contribution in [2.24, 2.45) is 0 Å². The highest BCUT2D eigenvalue weighted by Crippen LogP contribution is 2.47. The van der Waals surface area contributed by atoms with E-state index in [9.17, 15) is 13.2 Å². The van der Waals surface area contributed by atoms with Gasteiger partial charge in [0.05, 0.1) is 12.1 Å². The molecule has 4 nitrogen and oxygen atoms in total. The summed E-state index contributed by atoms with van der Waals surface area (Å²) < 4.78 is 24.5.